The first-order valence-corrected chi connectivity index (χ1v) is 21.3. The maximum Gasteiger partial charge on any atom is 0.0159 e. The van der Waals surface area contributed by atoms with Crippen LogP contribution in [0.5, 0.6) is 0 Å². The van der Waals surface area contributed by atoms with Crippen molar-refractivity contribution in [1.82, 2.24) is 0 Å². The van der Waals surface area contributed by atoms with Crippen LogP contribution in [0.25, 0.3) is 28.3 Å². The van der Waals surface area contributed by atoms with Crippen LogP contribution in [0, 0.1) is 27.7 Å². The molecule has 0 N–H and O–H groups in total. The molecule has 55 heavy (non-hydrogen) atoms. The van der Waals surface area contributed by atoms with Gasteiger partial charge in [0.25, 0.3) is 0 Å². The van der Waals surface area contributed by atoms with Gasteiger partial charge in [-0.1, -0.05) is 188 Å². The van der Waals surface area contributed by atoms with Crippen molar-refractivity contribution in [3.63, 3.8) is 0 Å². The highest BCUT2D eigenvalue weighted by Gasteiger charge is 2.35. The Morgan fingerprint density at radius 1 is 0.636 bits per heavy atom. The molecule has 0 spiro atoms. The van der Waals surface area contributed by atoms with Crippen molar-refractivity contribution < 1.29 is 0 Å². The summed E-state index contributed by atoms with van der Waals surface area (Å²) in [6.45, 7) is 30.2. The lowest BCUT2D eigenvalue weighted by atomic mass is 9.80. The molecule has 0 amide bonds. The third kappa shape index (κ3) is 10.7. The molecular formula is C55H72. The molecule has 3 aliphatic rings. The maximum absolute atomic E-state index is 2.49. The number of benzene rings is 4. The smallest absolute Gasteiger partial charge is 0.0159 e. The number of aryl methyl sites for hydroxylation is 3. The van der Waals surface area contributed by atoms with Gasteiger partial charge in [0, 0.05) is 5.41 Å². The first kappa shape index (κ1) is 45.0. The first-order chi connectivity index (χ1) is 26.5. The molecule has 7 rings (SSSR count). The van der Waals surface area contributed by atoms with Gasteiger partial charge in [-0.3, -0.25) is 0 Å². The van der Waals surface area contributed by atoms with Crippen molar-refractivity contribution in [1.29, 1.82) is 0 Å². The van der Waals surface area contributed by atoms with Crippen molar-refractivity contribution in [3.8, 4) is 22.3 Å². The van der Waals surface area contributed by atoms with Crippen LogP contribution in [-0.2, 0) is 11.8 Å². The predicted octanol–water partition coefficient (Wildman–Crippen LogP) is 16.9. The van der Waals surface area contributed by atoms with E-state index in [1.165, 1.54) is 109 Å². The Morgan fingerprint density at radius 3 is 1.87 bits per heavy atom. The van der Waals surface area contributed by atoms with E-state index < -0.39 is 0 Å². The molecule has 0 nitrogen and oxygen atoms in total. The van der Waals surface area contributed by atoms with E-state index in [1.54, 1.807) is 5.57 Å². The average Bonchev–Trinajstić information content (AvgIpc) is 3.41. The minimum Gasteiger partial charge on any atom is -0.0871 e. The molecule has 4 aromatic rings. The lowest BCUT2D eigenvalue weighted by molar-refractivity contribution is 0.658. The standard InChI is InChI=1S/C30H32.C18H20.C3H8.2C2H6/c1-20-13-15-26-27-16-14-22(19-29(27)30(3,4)28(26)17-20)18-23-10-6-8-12-25(23)24-11-7-5-9-21(24)2;1-5-8-16-12-11-14(3)18(15(16)4)17-10-7-6-9-13(17)2;1-3-2;2*1-2/h7-8,11-17,19H,5-6,9-10,18H2,1-4H3;5-12H,1-4H3;3H2,1-2H3;2*1-2H3/b;8-5-;;;. The first-order valence-electron chi connectivity index (χ1n) is 21.3. The van der Waals surface area contributed by atoms with Crippen LogP contribution in [0.4, 0.5) is 0 Å². The summed E-state index contributed by atoms with van der Waals surface area (Å²) >= 11 is 0. The highest BCUT2D eigenvalue weighted by atomic mass is 14.4. The Hall–Kier alpha value is -4.42. The number of rotatable bonds is 5. The Labute approximate surface area is 337 Å². The summed E-state index contributed by atoms with van der Waals surface area (Å²) in [7, 11) is 0. The van der Waals surface area contributed by atoms with Crippen LogP contribution in [-0.4, -0.2) is 0 Å². The minimum absolute atomic E-state index is 0.0710. The van der Waals surface area contributed by atoms with Crippen LogP contribution in [0.1, 0.15) is 146 Å². The second kappa shape index (κ2) is 21.6. The topological polar surface area (TPSA) is 0 Å². The van der Waals surface area contributed by atoms with Crippen LogP contribution in [0.2, 0.25) is 0 Å². The number of fused-ring (bicyclic) bond motifs is 3. The molecule has 292 valence electrons. The van der Waals surface area contributed by atoms with Crippen molar-refractivity contribution in [2.75, 3.05) is 0 Å². The van der Waals surface area contributed by atoms with E-state index in [0.29, 0.717) is 0 Å². The van der Waals surface area contributed by atoms with Gasteiger partial charge in [-0.05, 0) is 146 Å². The fourth-order valence-electron chi connectivity index (χ4n) is 8.02. The minimum atomic E-state index is 0.0710. The summed E-state index contributed by atoms with van der Waals surface area (Å²) in [5.41, 5.74) is 22.8. The quantitative estimate of drug-likeness (QED) is 0.192. The molecule has 0 unspecified atom stereocenters. The van der Waals surface area contributed by atoms with Crippen LogP contribution < -0.4 is 0 Å². The van der Waals surface area contributed by atoms with Gasteiger partial charge in [0.1, 0.15) is 0 Å². The molecule has 0 aromatic heterocycles. The molecule has 4 aromatic carbocycles. The highest BCUT2D eigenvalue weighted by molar-refractivity contribution is 5.81. The summed E-state index contributed by atoms with van der Waals surface area (Å²) in [5.74, 6) is 0. The molecule has 0 saturated heterocycles. The second-order valence-electron chi connectivity index (χ2n) is 15.3. The Morgan fingerprint density at radius 2 is 1.24 bits per heavy atom. The number of allylic oxidation sites excluding steroid dienone is 9. The SMILES string of the molecule is C/C=C\c1ccc(C)c(-c2ccccc2C)c1C.CC.CC.CC1=C(C2=C(Cc3ccc4c(c3)C(C)(C)c3cc(C)ccc3-4)CCC=C2)C=CCC1.CCC. The Balaban J connectivity index is 0.000000278. The zero-order chi connectivity index (χ0) is 40.7. The average molecular weight is 733 g/mol. The summed E-state index contributed by atoms with van der Waals surface area (Å²) in [4.78, 5) is 0. The predicted molar refractivity (Wildman–Crippen MR) is 248 cm³/mol. The summed E-state index contributed by atoms with van der Waals surface area (Å²) in [5, 5.41) is 0. The van der Waals surface area contributed by atoms with Crippen molar-refractivity contribution >= 4 is 6.08 Å². The molecule has 0 atom stereocenters. The second-order valence-corrected chi connectivity index (χ2v) is 15.3. The number of hydrogen-bond acceptors (Lipinski definition) is 0. The molecule has 0 heterocycles. The zero-order valence-electron chi connectivity index (χ0n) is 37.1. The van der Waals surface area contributed by atoms with Gasteiger partial charge in [-0.25, -0.2) is 0 Å². The van der Waals surface area contributed by atoms with Gasteiger partial charge in [0.05, 0.1) is 0 Å². The molecule has 0 heteroatoms. The van der Waals surface area contributed by atoms with Crippen LogP contribution in [0.3, 0.4) is 0 Å². The Kier molecular flexibility index (Phi) is 17.7. The van der Waals surface area contributed by atoms with E-state index in [9.17, 15) is 0 Å². The Bertz CT molecular complexity index is 2030. The lowest BCUT2D eigenvalue weighted by Crippen LogP contribution is -2.15. The van der Waals surface area contributed by atoms with Gasteiger partial charge in [0.2, 0.25) is 0 Å². The molecule has 3 aliphatic carbocycles. The highest BCUT2D eigenvalue weighted by Crippen LogP contribution is 2.49. The molecule has 0 radical (unpaired) electrons. The zero-order valence-corrected chi connectivity index (χ0v) is 37.1. The molecule has 0 aliphatic heterocycles. The fourth-order valence-corrected chi connectivity index (χ4v) is 8.02. The van der Waals surface area contributed by atoms with E-state index in [0.717, 1.165) is 12.8 Å². The van der Waals surface area contributed by atoms with E-state index >= 15 is 0 Å². The van der Waals surface area contributed by atoms with Crippen molar-refractivity contribution in [2.24, 2.45) is 0 Å². The van der Waals surface area contributed by atoms with Crippen molar-refractivity contribution in [3.05, 3.63) is 170 Å². The molecule has 0 saturated carbocycles. The summed E-state index contributed by atoms with van der Waals surface area (Å²) in [6.07, 6.45) is 20.7. The van der Waals surface area contributed by atoms with E-state index in [4.69, 9.17) is 0 Å². The third-order valence-corrected chi connectivity index (χ3v) is 10.8. The number of hydrogen-bond donors (Lipinski definition) is 0. The van der Waals surface area contributed by atoms with Crippen molar-refractivity contribution in [2.45, 2.75) is 141 Å². The normalized spacial score (nSPS) is 14.7. The van der Waals surface area contributed by atoms with Crippen LogP contribution in [0.15, 0.2) is 125 Å². The summed E-state index contributed by atoms with van der Waals surface area (Å²) < 4.78 is 0. The van der Waals surface area contributed by atoms with Crippen LogP contribution >= 0.6 is 0 Å². The van der Waals surface area contributed by atoms with Gasteiger partial charge >= 0.3 is 0 Å². The largest absolute Gasteiger partial charge is 0.0871 e. The molecule has 0 bridgehead atoms. The summed E-state index contributed by atoms with van der Waals surface area (Å²) in [6, 6.07) is 27.2. The van der Waals surface area contributed by atoms with E-state index in [2.05, 4.69) is 178 Å². The molecule has 0 fully saturated rings. The van der Waals surface area contributed by atoms with Gasteiger partial charge in [0.15, 0.2) is 0 Å². The lowest BCUT2D eigenvalue weighted by Gasteiger charge is -2.23. The maximum atomic E-state index is 2.49. The monoisotopic (exact) mass is 733 g/mol. The van der Waals surface area contributed by atoms with E-state index in [1.807, 2.05) is 27.7 Å². The van der Waals surface area contributed by atoms with Gasteiger partial charge in [-0.2, -0.15) is 0 Å². The van der Waals surface area contributed by atoms with Gasteiger partial charge in [-0.15, -0.1) is 0 Å². The fraction of sp³-hybridized carbons (Fsp3) is 0.382. The molecular weight excluding hydrogens is 661 g/mol. The van der Waals surface area contributed by atoms with Gasteiger partial charge < -0.3 is 0 Å². The third-order valence-electron chi connectivity index (χ3n) is 10.8. The van der Waals surface area contributed by atoms with E-state index in [-0.39, 0.29) is 5.41 Å².